The van der Waals surface area contributed by atoms with Crippen LogP contribution in [0.2, 0.25) is 0 Å². The van der Waals surface area contributed by atoms with Gasteiger partial charge in [-0.15, -0.1) is 0 Å². The molecule has 1 aliphatic rings. The summed E-state index contributed by atoms with van der Waals surface area (Å²) in [5.41, 5.74) is -0.306. The van der Waals surface area contributed by atoms with Gasteiger partial charge in [0.25, 0.3) is 0 Å². The third kappa shape index (κ3) is 4.29. The molecule has 1 aliphatic carbocycles. The first-order valence-corrected chi connectivity index (χ1v) is 6.89. The lowest BCUT2D eigenvalue weighted by atomic mass is 9.93. The molecule has 0 aromatic carbocycles. The minimum atomic E-state index is -0.306. The highest BCUT2D eigenvalue weighted by molar-refractivity contribution is 5.16. The van der Waals surface area contributed by atoms with Crippen molar-refractivity contribution in [3.8, 4) is 6.07 Å². The van der Waals surface area contributed by atoms with Crippen LogP contribution in [-0.2, 0) is 0 Å². The first-order valence-electron chi connectivity index (χ1n) is 6.89. The van der Waals surface area contributed by atoms with E-state index in [-0.39, 0.29) is 5.54 Å². The Labute approximate surface area is 106 Å². The average Bonchev–Trinajstić information content (AvgIpc) is 3.07. The Morgan fingerprint density at radius 1 is 1.47 bits per heavy atom. The van der Waals surface area contributed by atoms with E-state index in [1.807, 2.05) is 0 Å². The normalized spacial score (nSPS) is 19.4. The van der Waals surface area contributed by atoms with Crippen molar-refractivity contribution < 1.29 is 0 Å². The van der Waals surface area contributed by atoms with E-state index in [0.29, 0.717) is 11.8 Å². The summed E-state index contributed by atoms with van der Waals surface area (Å²) in [6.45, 7) is 9.46. The molecule has 98 valence electrons. The number of hydrogen-bond acceptors (Lipinski definition) is 3. The lowest BCUT2D eigenvalue weighted by Gasteiger charge is -2.33. The van der Waals surface area contributed by atoms with Gasteiger partial charge in [-0.3, -0.25) is 5.32 Å². The van der Waals surface area contributed by atoms with E-state index in [0.717, 1.165) is 26.1 Å². The van der Waals surface area contributed by atoms with Crippen LogP contribution in [0.25, 0.3) is 0 Å². The van der Waals surface area contributed by atoms with Crippen molar-refractivity contribution in [2.75, 3.05) is 26.7 Å². The van der Waals surface area contributed by atoms with Gasteiger partial charge in [-0.05, 0) is 44.7 Å². The molecular weight excluding hydrogens is 210 g/mol. The summed E-state index contributed by atoms with van der Waals surface area (Å²) in [5.74, 6) is 1.22. The molecule has 0 saturated heterocycles. The highest BCUT2D eigenvalue weighted by Crippen LogP contribution is 2.39. The number of likely N-dealkylation sites (N-methyl/N-ethyl adjacent to an activating group) is 1. The molecule has 0 heterocycles. The van der Waals surface area contributed by atoms with Crippen LogP contribution in [-0.4, -0.2) is 37.1 Å². The van der Waals surface area contributed by atoms with Crippen molar-refractivity contribution in [2.45, 2.75) is 45.6 Å². The number of nitriles is 1. The van der Waals surface area contributed by atoms with E-state index in [9.17, 15) is 5.26 Å². The summed E-state index contributed by atoms with van der Waals surface area (Å²) in [4.78, 5) is 2.30. The van der Waals surface area contributed by atoms with Gasteiger partial charge >= 0.3 is 0 Å². The van der Waals surface area contributed by atoms with E-state index in [4.69, 9.17) is 0 Å². The molecular formula is C14H27N3. The lowest BCUT2D eigenvalue weighted by molar-refractivity contribution is 0.211. The molecule has 3 nitrogen and oxygen atoms in total. The van der Waals surface area contributed by atoms with Crippen LogP contribution in [0.1, 0.15) is 40.0 Å². The first-order chi connectivity index (χ1) is 8.04. The Morgan fingerprint density at radius 3 is 2.53 bits per heavy atom. The molecule has 17 heavy (non-hydrogen) atoms. The number of nitrogens with one attached hydrogen (secondary N) is 1. The largest absolute Gasteiger partial charge is 0.303 e. The molecule has 1 unspecified atom stereocenters. The molecule has 0 amide bonds. The van der Waals surface area contributed by atoms with Crippen LogP contribution < -0.4 is 5.32 Å². The number of rotatable bonds is 8. The van der Waals surface area contributed by atoms with Crippen molar-refractivity contribution in [2.24, 2.45) is 11.8 Å². The lowest BCUT2D eigenvalue weighted by Crippen LogP contribution is -2.54. The molecule has 0 radical (unpaired) electrons. The van der Waals surface area contributed by atoms with Gasteiger partial charge in [-0.25, -0.2) is 0 Å². The van der Waals surface area contributed by atoms with Crippen molar-refractivity contribution in [1.82, 2.24) is 10.2 Å². The topological polar surface area (TPSA) is 39.1 Å². The number of hydrogen-bond donors (Lipinski definition) is 1. The van der Waals surface area contributed by atoms with E-state index < -0.39 is 0 Å². The van der Waals surface area contributed by atoms with Crippen LogP contribution in [0.4, 0.5) is 0 Å². The molecule has 0 spiro atoms. The van der Waals surface area contributed by atoms with Crippen LogP contribution in [0.15, 0.2) is 0 Å². The Hall–Kier alpha value is -0.590. The molecule has 0 aromatic heterocycles. The van der Waals surface area contributed by atoms with Crippen molar-refractivity contribution in [3.63, 3.8) is 0 Å². The Morgan fingerprint density at radius 2 is 2.12 bits per heavy atom. The smallest absolute Gasteiger partial charge is 0.122 e. The average molecular weight is 237 g/mol. The minimum absolute atomic E-state index is 0.306. The van der Waals surface area contributed by atoms with Crippen molar-refractivity contribution >= 4 is 0 Å². The zero-order valence-corrected chi connectivity index (χ0v) is 11.8. The summed E-state index contributed by atoms with van der Waals surface area (Å²) in [5, 5.41) is 13.1. The molecule has 3 heteroatoms. The zero-order valence-electron chi connectivity index (χ0n) is 11.8. The first kappa shape index (κ1) is 14.5. The molecule has 1 fully saturated rings. The highest BCUT2D eigenvalue weighted by Gasteiger charge is 2.45. The Kier molecular flexibility index (Phi) is 5.42. The van der Waals surface area contributed by atoms with Gasteiger partial charge < -0.3 is 4.90 Å². The van der Waals surface area contributed by atoms with Gasteiger partial charge in [0.05, 0.1) is 6.07 Å². The fourth-order valence-corrected chi connectivity index (χ4v) is 2.53. The zero-order chi connectivity index (χ0) is 12.9. The second-order valence-electron chi connectivity index (χ2n) is 5.87. The second-order valence-corrected chi connectivity index (χ2v) is 5.87. The SMILES string of the molecule is CCCNC(C#N)(CN(C)CC(C)C)C1CC1. The molecule has 1 rings (SSSR count). The summed E-state index contributed by atoms with van der Waals surface area (Å²) < 4.78 is 0. The van der Waals surface area contributed by atoms with E-state index in [2.05, 4.69) is 44.1 Å². The third-order valence-electron chi connectivity index (χ3n) is 3.36. The maximum Gasteiger partial charge on any atom is 0.122 e. The van der Waals surface area contributed by atoms with Gasteiger partial charge in [0.15, 0.2) is 0 Å². The molecule has 0 aliphatic heterocycles. The summed E-state index contributed by atoms with van der Waals surface area (Å²) >= 11 is 0. The van der Waals surface area contributed by atoms with Crippen molar-refractivity contribution in [3.05, 3.63) is 0 Å². The Balaban J connectivity index is 2.59. The summed E-state index contributed by atoms with van der Waals surface area (Å²) in [7, 11) is 2.13. The fraction of sp³-hybridized carbons (Fsp3) is 0.929. The predicted octanol–water partition coefficient (Wildman–Crippen LogP) is 2.25. The van der Waals surface area contributed by atoms with Gasteiger partial charge in [0, 0.05) is 13.1 Å². The number of nitrogens with zero attached hydrogens (tertiary/aromatic N) is 2. The van der Waals surface area contributed by atoms with Crippen LogP contribution in [0, 0.1) is 23.2 Å². The summed E-state index contributed by atoms with van der Waals surface area (Å²) in [6, 6.07) is 2.56. The maximum absolute atomic E-state index is 9.56. The Bertz CT molecular complexity index is 265. The molecule has 1 saturated carbocycles. The van der Waals surface area contributed by atoms with Gasteiger partial charge in [0.2, 0.25) is 0 Å². The molecule has 0 bridgehead atoms. The van der Waals surface area contributed by atoms with Gasteiger partial charge in [-0.1, -0.05) is 20.8 Å². The minimum Gasteiger partial charge on any atom is -0.303 e. The third-order valence-corrected chi connectivity index (χ3v) is 3.36. The second kappa shape index (κ2) is 6.37. The molecule has 1 N–H and O–H groups in total. The maximum atomic E-state index is 9.56. The van der Waals surface area contributed by atoms with E-state index in [1.54, 1.807) is 0 Å². The standard InChI is InChI=1S/C14H27N3/c1-5-8-16-14(10-15,13-6-7-13)11-17(4)9-12(2)3/h12-13,16H,5-9,11H2,1-4H3. The van der Waals surface area contributed by atoms with Crippen LogP contribution in [0.3, 0.4) is 0 Å². The predicted molar refractivity (Wildman–Crippen MR) is 71.7 cm³/mol. The van der Waals surface area contributed by atoms with Crippen LogP contribution >= 0.6 is 0 Å². The van der Waals surface area contributed by atoms with Gasteiger partial charge in [0.1, 0.15) is 5.54 Å². The molecule has 0 aromatic rings. The highest BCUT2D eigenvalue weighted by atomic mass is 15.2. The van der Waals surface area contributed by atoms with E-state index >= 15 is 0 Å². The van der Waals surface area contributed by atoms with Crippen LogP contribution in [0.5, 0.6) is 0 Å². The van der Waals surface area contributed by atoms with Crippen molar-refractivity contribution in [1.29, 1.82) is 5.26 Å². The quantitative estimate of drug-likeness (QED) is 0.704. The molecule has 1 atom stereocenters. The fourth-order valence-electron chi connectivity index (χ4n) is 2.53. The van der Waals surface area contributed by atoms with Gasteiger partial charge in [-0.2, -0.15) is 5.26 Å². The summed E-state index contributed by atoms with van der Waals surface area (Å²) in [6.07, 6.45) is 3.50. The van der Waals surface area contributed by atoms with E-state index in [1.165, 1.54) is 12.8 Å². The monoisotopic (exact) mass is 237 g/mol.